The summed E-state index contributed by atoms with van der Waals surface area (Å²) < 4.78 is 13.8. The molecule has 1 fully saturated rings. The van der Waals surface area contributed by atoms with E-state index >= 15 is 0 Å². The van der Waals surface area contributed by atoms with Crippen molar-refractivity contribution < 1.29 is 14.3 Å². The molecular formula is C10H12FN3O2. The van der Waals surface area contributed by atoms with E-state index in [0.29, 0.717) is 13.1 Å². The second kappa shape index (κ2) is 4.05. The summed E-state index contributed by atoms with van der Waals surface area (Å²) in [6, 6.07) is 1.15. The Labute approximate surface area is 91.7 Å². The number of carboxylic acids is 1. The molecule has 1 aromatic heterocycles. The Bertz CT molecular complexity index is 425. The number of anilines is 1. The fourth-order valence-electron chi connectivity index (χ4n) is 1.80. The molecule has 1 unspecified atom stereocenters. The molecule has 1 aliphatic heterocycles. The first-order chi connectivity index (χ1) is 7.59. The summed E-state index contributed by atoms with van der Waals surface area (Å²) in [5.41, 5.74) is 5.35. The minimum atomic E-state index is -1.29. The first kappa shape index (κ1) is 10.8. The largest absolute Gasteiger partial charge is 0.478 e. The lowest BCUT2D eigenvalue weighted by Crippen LogP contribution is -2.28. The molecule has 2 rings (SSSR count). The SMILES string of the molecule is NC1CCN(c2nccc(C(=O)O)c2F)C1. The summed E-state index contributed by atoms with van der Waals surface area (Å²) >= 11 is 0. The fraction of sp³-hybridized carbons (Fsp3) is 0.400. The summed E-state index contributed by atoms with van der Waals surface area (Å²) in [6.07, 6.45) is 2.06. The minimum Gasteiger partial charge on any atom is -0.478 e. The van der Waals surface area contributed by atoms with Crippen molar-refractivity contribution >= 4 is 11.8 Å². The zero-order valence-corrected chi connectivity index (χ0v) is 8.56. The van der Waals surface area contributed by atoms with E-state index in [4.69, 9.17) is 10.8 Å². The second-order valence-corrected chi connectivity index (χ2v) is 3.80. The van der Waals surface area contributed by atoms with Crippen molar-refractivity contribution in [2.24, 2.45) is 5.73 Å². The summed E-state index contributed by atoms with van der Waals surface area (Å²) in [5.74, 6) is -2.00. The molecule has 2 heterocycles. The molecular weight excluding hydrogens is 213 g/mol. The molecule has 0 aliphatic carbocycles. The van der Waals surface area contributed by atoms with Crippen LogP contribution in [0.4, 0.5) is 10.2 Å². The third-order valence-electron chi connectivity index (χ3n) is 2.63. The molecule has 0 bridgehead atoms. The van der Waals surface area contributed by atoms with Crippen molar-refractivity contribution in [2.75, 3.05) is 18.0 Å². The van der Waals surface area contributed by atoms with Gasteiger partial charge in [0.15, 0.2) is 11.6 Å². The van der Waals surface area contributed by atoms with E-state index in [1.807, 2.05) is 0 Å². The average molecular weight is 225 g/mol. The van der Waals surface area contributed by atoms with E-state index < -0.39 is 11.8 Å². The number of nitrogens with zero attached hydrogens (tertiary/aromatic N) is 2. The number of nitrogens with two attached hydrogens (primary N) is 1. The molecule has 1 aliphatic rings. The van der Waals surface area contributed by atoms with Crippen LogP contribution in [0, 0.1) is 5.82 Å². The smallest absolute Gasteiger partial charge is 0.338 e. The highest BCUT2D eigenvalue weighted by molar-refractivity contribution is 5.88. The molecule has 0 saturated carbocycles. The predicted molar refractivity (Wildman–Crippen MR) is 56.0 cm³/mol. The van der Waals surface area contributed by atoms with Gasteiger partial charge in [-0.15, -0.1) is 0 Å². The van der Waals surface area contributed by atoms with Crippen LogP contribution < -0.4 is 10.6 Å². The van der Waals surface area contributed by atoms with Crippen LogP contribution in [0.1, 0.15) is 16.8 Å². The van der Waals surface area contributed by atoms with Gasteiger partial charge in [0, 0.05) is 25.3 Å². The van der Waals surface area contributed by atoms with Crippen LogP contribution >= 0.6 is 0 Å². The Hall–Kier alpha value is -1.69. The molecule has 3 N–H and O–H groups in total. The Morgan fingerprint density at radius 2 is 2.44 bits per heavy atom. The number of pyridine rings is 1. The van der Waals surface area contributed by atoms with Gasteiger partial charge in [-0.1, -0.05) is 0 Å². The lowest BCUT2D eigenvalue weighted by molar-refractivity contribution is 0.0692. The molecule has 0 aromatic carbocycles. The van der Waals surface area contributed by atoms with Gasteiger partial charge in [-0.05, 0) is 12.5 Å². The van der Waals surface area contributed by atoms with Gasteiger partial charge >= 0.3 is 5.97 Å². The van der Waals surface area contributed by atoms with Crippen molar-refractivity contribution in [3.63, 3.8) is 0 Å². The van der Waals surface area contributed by atoms with Crippen molar-refractivity contribution in [1.29, 1.82) is 0 Å². The summed E-state index contributed by atoms with van der Waals surface area (Å²) in [5, 5.41) is 8.77. The summed E-state index contributed by atoms with van der Waals surface area (Å²) in [4.78, 5) is 16.3. The maximum Gasteiger partial charge on any atom is 0.338 e. The number of carbonyl (C=O) groups is 1. The van der Waals surface area contributed by atoms with Crippen LogP contribution in [0.2, 0.25) is 0 Å². The number of rotatable bonds is 2. The molecule has 0 amide bonds. The fourth-order valence-corrected chi connectivity index (χ4v) is 1.80. The van der Waals surface area contributed by atoms with Gasteiger partial charge in [0.1, 0.15) is 5.56 Å². The molecule has 6 heteroatoms. The quantitative estimate of drug-likeness (QED) is 0.764. The summed E-state index contributed by atoms with van der Waals surface area (Å²) in [6.45, 7) is 1.11. The number of hydrogen-bond acceptors (Lipinski definition) is 4. The van der Waals surface area contributed by atoms with Crippen LogP contribution in [0.25, 0.3) is 0 Å². The van der Waals surface area contributed by atoms with E-state index in [9.17, 15) is 9.18 Å². The van der Waals surface area contributed by atoms with Crippen molar-refractivity contribution in [3.05, 3.63) is 23.6 Å². The molecule has 1 aromatic rings. The van der Waals surface area contributed by atoms with Crippen molar-refractivity contribution in [3.8, 4) is 0 Å². The molecule has 5 nitrogen and oxygen atoms in total. The van der Waals surface area contributed by atoms with Gasteiger partial charge in [0.25, 0.3) is 0 Å². The molecule has 1 saturated heterocycles. The third-order valence-corrected chi connectivity index (χ3v) is 2.63. The molecule has 1 atom stereocenters. The molecule has 0 spiro atoms. The zero-order valence-electron chi connectivity index (χ0n) is 8.56. The molecule has 0 radical (unpaired) electrons. The van der Waals surface area contributed by atoms with Gasteiger partial charge in [-0.25, -0.2) is 14.2 Å². The predicted octanol–water partition coefficient (Wildman–Crippen LogP) is 0.456. The van der Waals surface area contributed by atoms with E-state index in [0.717, 1.165) is 12.5 Å². The van der Waals surface area contributed by atoms with Crippen molar-refractivity contribution in [1.82, 2.24) is 4.98 Å². The third kappa shape index (κ3) is 1.83. The normalized spacial score (nSPS) is 20.1. The molecule has 86 valence electrons. The number of aromatic nitrogens is 1. The van der Waals surface area contributed by atoms with E-state index in [1.165, 1.54) is 6.20 Å². The van der Waals surface area contributed by atoms with E-state index in [2.05, 4.69) is 4.98 Å². The number of halogens is 1. The van der Waals surface area contributed by atoms with Gasteiger partial charge in [-0.2, -0.15) is 0 Å². The Morgan fingerprint density at radius 1 is 1.69 bits per heavy atom. The second-order valence-electron chi connectivity index (χ2n) is 3.80. The van der Waals surface area contributed by atoms with Crippen molar-refractivity contribution in [2.45, 2.75) is 12.5 Å². The highest BCUT2D eigenvalue weighted by Gasteiger charge is 2.25. The van der Waals surface area contributed by atoms with Gasteiger partial charge in [0.05, 0.1) is 0 Å². The lowest BCUT2D eigenvalue weighted by atomic mass is 10.2. The van der Waals surface area contributed by atoms with Gasteiger partial charge in [-0.3, -0.25) is 0 Å². The first-order valence-electron chi connectivity index (χ1n) is 4.98. The molecule has 16 heavy (non-hydrogen) atoms. The standard InChI is InChI=1S/C10H12FN3O2/c11-8-7(10(15)16)1-3-13-9(8)14-4-2-6(12)5-14/h1,3,6H,2,4-5,12H2,(H,15,16). The van der Waals surface area contributed by atoms with Crippen LogP contribution in [-0.4, -0.2) is 35.2 Å². The minimum absolute atomic E-state index is 0.00492. The van der Waals surface area contributed by atoms with Gasteiger partial charge in [0.2, 0.25) is 0 Å². The Morgan fingerprint density at radius 3 is 3.00 bits per heavy atom. The Kier molecular flexibility index (Phi) is 2.74. The topological polar surface area (TPSA) is 79.5 Å². The zero-order chi connectivity index (χ0) is 11.7. The highest BCUT2D eigenvalue weighted by atomic mass is 19.1. The first-order valence-corrected chi connectivity index (χ1v) is 4.98. The number of aromatic carboxylic acids is 1. The van der Waals surface area contributed by atoms with E-state index in [1.54, 1.807) is 4.90 Å². The van der Waals surface area contributed by atoms with Crippen LogP contribution in [-0.2, 0) is 0 Å². The number of hydrogen-bond donors (Lipinski definition) is 2. The van der Waals surface area contributed by atoms with Crippen LogP contribution in [0.3, 0.4) is 0 Å². The van der Waals surface area contributed by atoms with Crippen LogP contribution in [0.5, 0.6) is 0 Å². The summed E-state index contributed by atoms with van der Waals surface area (Å²) in [7, 11) is 0. The Balaban J connectivity index is 2.34. The van der Waals surface area contributed by atoms with Crippen LogP contribution in [0.15, 0.2) is 12.3 Å². The average Bonchev–Trinajstić information content (AvgIpc) is 2.64. The van der Waals surface area contributed by atoms with E-state index in [-0.39, 0.29) is 17.4 Å². The maximum absolute atomic E-state index is 13.8. The monoisotopic (exact) mass is 225 g/mol. The highest BCUT2D eigenvalue weighted by Crippen LogP contribution is 2.22. The maximum atomic E-state index is 13.8. The lowest BCUT2D eigenvalue weighted by Gasteiger charge is -2.17. The number of carboxylic acid groups (broad SMARTS) is 1. The van der Waals surface area contributed by atoms with Gasteiger partial charge < -0.3 is 15.7 Å².